The molecule has 1 unspecified atom stereocenters. The van der Waals surface area contributed by atoms with Crippen LogP contribution in [0.4, 0.5) is 0 Å². The van der Waals surface area contributed by atoms with Crippen molar-refractivity contribution >= 4 is 17.0 Å². The van der Waals surface area contributed by atoms with E-state index in [0.29, 0.717) is 23.7 Å². The second-order valence-corrected chi connectivity index (χ2v) is 7.26. The minimum absolute atomic E-state index is 0.0673. The van der Waals surface area contributed by atoms with E-state index in [0.717, 1.165) is 47.2 Å². The number of imidazole rings is 1. The largest absolute Gasteiger partial charge is 0.483 e. The highest BCUT2D eigenvalue weighted by atomic mass is 16.5. The maximum absolute atomic E-state index is 11.8. The zero-order valence-electron chi connectivity index (χ0n) is 14.6. The molecule has 1 saturated carbocycles. The first-order valence-corrected chi connectivity index (χ1v) is 9.10. The number of hydrogen-bond donors (Lipinski definition) is 1. The van der Waals surface area contributed by atoms with Gasteiger partial charge in [-0.15, -0.1) is 0 Å². The number of fused-ring (bicyclic) bond motifs is 3. The first kappa shape index (κ1) is 15.4. The normalized spacial score (nSPS) is 19.2. The summed E-state index contributed by atoms with van der Waals surface area (Å²) in [6, 6.07) is 11.9. The molecule has 0 bridgehead atoms. The fourth-order valence-corrected chi connectivity index (χ4v) is 4.00. The highest BCUT2D eigenvalue weighted by Gasteiger charge is 2.33. The SMILES string of the molecule is Cn1c(C2CC2)nc2c3c(c(C(=O)O)cc21)CCC(c1ccccc1)O3. The summed E-state index contributed by atoms with van der Waals surface area (Å²) in [6.07, 6.45) is 3.69. The summed E-state index contributed by atoms with van der Waals surface area (Å²) in [5, 5.41) is 9.72. The Morgan fingerprint density at radius 1 is 1.23 bits per heavy atom. The fourth-order valence-electron chi connectivity index (χ4n) is 4.00. The minimum atomic E-state index is -0.904. The number of nitrogens with zero attached hydrogens (tertiary/aromatic N) is 2. The van der Waals surface area contributed by atoms with E-state index in [1.54, 1.807) is 6.07 Å². The van der Waals surface area contributed by atoms with Crippen LogP contribution in [0.2, 0.25) is 0 Å². The van der Waals surface area contributed by atoms with Crippen LogP contribution in [0.5, 0.6) is 5.75 Å². The van der Waals surface area contributed by atoms with Gasteiger partial charge >= 0.3 is 5.97 Å². The molecule has 0 amide bonds. The molecule has 1 N–H and O–H groups in total. The number of ether oxygens (including phenoxy) is 1. The Kier molecular flexibility index (Phi) is 3.32. The summed E-state index contributed by atoms with van der Waals surface area (Å²) in [7, 11) is 1.97. The van der Waals surface area contributed by atoms with Gasteiger partial charge in [0.1, 0.15) is 17.4 Å². The van der Waals surface area contributed by atoms with E-state index in [1.807, 2.05) is 29.8 Å². The van der Waals surface area contributed by atoms with Crippen LogP contribution < -0.4 is 4.74 Å². The summed E-state index contributed by atoms with van der Waals surface area (Å²) in [5.74, 6) is 1.28. The van der Waals surface area contributed by atoms with Crippen LogP contribution >= 0.6 is 0 Å². The molecule has 5 heteroatoms. The first-order valence-electron chi connectivity index (χ1n) is 9.10. The van der Waals surface area contributed by atoms with Crippen molar-refractivity contribution in [2.24, 2.45) is 7.05 Å². The molecule has 2 heterocycles. The second kappa shape index (κ2) is 5.59. The van der Waals surface area contributed by atoms with Gasteiger partial charge in [0.25, 0.3) is 0 Å². The monoisotopic (exact) mass is 348 g/mol. The Morgan fingerprint density at radius 2 is 2.00 bits per heavy atom. The van der Waals surface area contributed by atoms with Crippen molar-refractivity contribution in [2.45, 2.75) is 37.7 Å². The molecule has 0 radical (unpaired) electrons. The topological polar surface area (TPSA) is 64.4 Å². The van der Waals surface area contributed by atoms with Crippen LogP contribution in [0.1, 0.15) is 58.6 Å². The minimum Gasteiger partial charge on any atom is -0.483 e. The van der Waals surface area contributed by atoms with Crippen molar-refractivity contribution in [3.8, 4) is 5.75 Å². The van der Waals surface area contributed by atoms with Gasteiger partial charge in [-0.3, -0.25) is 0 Å². The number of benzene rings is 2. The molecule has 2 aromatic carbocycles. The standard InChI is InChI=1S/C21H20N2O3/c1-23-16-11-15(21(24)25)14-9-10-17(12-5-3-2-4-6-12)26-19(14)18(16)22-20(23)13-7-8-13/h2-6,11,13,17H,7-10H2,1H3,(H,24,25). The zero-order chi connectivity index (χ0) is 17.8. The van der Waals surface area contributed by atoms with Crippen molar-refractivity contribution in [1.29, 1.82) is 0 Å². The number of carboxylic acid groups (broad SMARTS) is 1. The van der Waals surface area contributed by atoms with Gasteiger partial charge in [0, 0.05) is 18.5 Å². The van der Waals surface area contributed by atoms with Gasteiger partial charge in [-0.2, -0.15) is 0 Å². The highest BCUT2D eigenvalue weighted by Crippen LogP contribution is 2.45. The predicted molar refractivity (Wildman–Crippen MR) is 97.8 cm³/mol. The molecule has 1 aliphatic carbocycles. The quantitative estimate of drug-likeness (QED) is 0.770. The Morgan fingerprint density at radius 3 is 2.69 bits per heavy atom. The van der Waals surface area contributed by atoms with Crippen LogP contribution in [0.3, 0.4) is 0 Å². The summed E-state index contributed by atoms with van der Waals surface area (Å²) in [5.41, 5.74) is 3.87. The molecular formula is C21H20N2O3. The number of aromatic nitrogens is 2. The zero-order valence-corrected chi connectivity index (χ0v) is 14.6. The summed E-state index contributed by atoms with van der Waals surface area (Å²) in [6.45, 7) is 0. The molecule has 132 valence electrons. The summed E-state index contributed by atoms with van der Waals surface area (Å²) >= 11 is 0. The Balaban J connectivity index is 1.69. The first-order chi connectivity index (χ1) is 12.6. The lowest BCUT2D eigenvalue weighted by Gasteiger charge is -2.27. The van der Waals surface area contributed by atoms with E-state index in [4.69, 9.17) is 9.72 Å². The van der Waals surface area contributed by atoms with Gasteiger partial charge in [-0.05, 0) is 37.3 Å². The van der Waals surface area contributed by atoms with E-state index < -0.39 is 5.97 Å². The molecule has 1 fully saturated rings. The van der Waals surface area contributed by atoms with Crippen LogP contribution in [0.15, 0.2) is 36.4 Å². The lowest BCUT2D eigenvalue weighted by molar-refractivity contribution is 0.0693. The number of carbonyl (C=O) groups is 1. The second-order valence-electron chi connectivity index (χ2n) is 7.26. The molecule has 2 aliphatic rings. The highest BCUT2D eigenvalue weighted by molar-refractivity contribution is 5.98. The average molecular weight is 348 g/mol. The number of rotatable bonds is 3. The van der Waals surface area contributed by atoms with Gasteiger partial charge in [-0.1, -0.05) is 30.3 Å². The molecule has 0 spiro atoms. The number of aromatic carboxylic acids is 1. The molecule has 26 heavy (non-hydrogen) atoms. The molecule has 1 atom stereocenters. The van der Waals surface area contributed by atoms with Crippen molar-refractivity contribution in [2.75, 3.05) is 0 Å². The maximum Gasteiger partial charge on any atom is 0.336 e. The van der Waals surface area contributed by atoms with Crippen molar-refractivity contribution < 1.29 is 14.6 Å². The Labute approximate surface area is 151 Å². The van der Waals surface area contributed by atoms with Crippen LogP contribution in [-0.2, 0) is 13.5 Å². The van der Waals surface area contributed by atoms with Crippen molar-refractivity contribution in [1.82, 2.24) is 9.55 Å². The van der Waals surface area contributed by atoms with Gasteiger partial charge in [0.15, 0.2) is 5.75 Å². The Bertz CT molecular complexity index is 1020. The van der Waals surface area contributed by atoms with E-state index in [9.17, 15) is 9.90 Å². The molecule has 1 aromatic heterocycles. The fraction of sp³-hybridized carbons (Fsp3) is 0.333. The lowest BCUT2D eigenvalue weighted by atomic mass is 9.93. The number of carboxylic acids is 1. The van der Waals surface area contributed by atoms with Crippen LogP contribution in [0, 0.1) is 0 Å². The van der Waals surface area contributed by atoms with E-state index in [2.05, 4.69) is 12.1 Å². The van der Waals surface area contributed by atoms with Gasteiger partial charge in [0.2, 0.25) is 0 Å². The third kappa shape index (κ3) is 2.30. The third-order valence-corrected chi connectivity index (χ3v) is 5.53. The average Bonchev–Trinajstić information content (AvgIpc) is 3.45. The van der Waals surface area contributed by atoms with Gasteiger partial charge in [0.05, 0.1) is 11.1 Å². The lowest BCUT2D eigenvalue weighted by Crippen LogP contribution is -2.18. The molecule has 3 aromatic rings. The summed E-state index contributed by atoms with van der Waals surface area (Å²) in [4.78, 5) is 16.7. The van der Waals surface area contributed by atoms with Crippen molar-refractivity contribution in [3.63, 3.8) is 0 Å². The van der Waals surface area contributed by atoms with Gasteiger partial charge < -0.3 is 14.4 Å². The number of hydrogen-bond acceptors (Lipinski definition) is 3. The molecular weight excluding hydrogens is 328 g/mol. The van der Waals surface area contributed by atoms with E-state index >= 15 is 0 Å². The maximum atomic E-state index is 11.8. The number of aryl methyl sites for hydroxylation is 1. The molecule has 0 saturated heterocycles. The van der Waals surface area contributed by atoms with Crippen LogP contribution in [-0.4, -0.2) is 20.6 Å². The van der Waals surface area contributed by atoms with Crippen LogP contribution in [0.25, 0.3) is 11.0 Å². The Hall–Kier alpha value is -2.82. The molecule has 1 aliphatic heterocycles. The van der Waals surface area contributed by atoms with Crippen molar-refractivity contribution in [3.05, 3.63) is 58.9 Å². The smallest absolute Gasteiger partial charge is 0.336 e. The summed E-state index contributed by atoms with van der Waals surface area (Å²) < 4.78 is 8.39. The molecule has 5 rings (SSSR count). The van der Waals surface area contributed by atoms with Gasteiger partial charge in [-0.25, -0.2) is 9.78 Å². The van der Waals surface area contributed by atoms with E-state index in [-0.39, 0.29) is 6.10 Å². The third-order valence-electron chi connectivity index (χ3n) is 5.53. The molecule has 5 nitrogen and oxygen atoms in total. The van der Waals surface area contributed by atoms with E-state index in [1.165, 1.54) is 0 Å². The predicted octanol–water partition coefficient (Wildman–Crippen LogP) is 4.22.